The highest BCUT2D eigenvalue weighted by molar-refractivity contribution is 5.89. The topological polar surface area (TPSA) is 88.0 Å². The lowest BCUT2D eigenvalue weighted by Crippen LogP contribution is -2.06. The molecule has 1 heterocycles. The lowest BCUT2D eigenvalue weighted by Gasteiger charge is -2.01. The summed E-state index contributed by atoms with van der Waals surface area (Å²) in [6.45, 7) is 0.168. The number of esters is 1. The number of pyridine rings is 1. The molecule has 17 heavy (non-hydrogen) atoms. The van der Waals surface area contributed by atoms with Crippen LogP contribution in [-0.2, 0) is 4.74 Å². The molecule has 88 valence electrons. The molecule has 6 nitrogen and oxygen atoms in total. The van der Waals surface area contributed by atoms with Gasteiger partial charge in [-0.05, 0) is 17.2 Å². The molecule has 0 radical (unpaired) electrons. The maximum Gasteiger partial charge on any atom is 0.342 e. The fourth-order valence-electron chi connectivity index (χ4n) is 1.08. The van der Waals surface area contributed by atoms with Crippen LogP contribution in [0.2, 0.25) is 0 Å². The van der Waals surface area contributed by atoms with Crippen molar-refractivity contribution in [1.29, 1.82) is 0 Å². The van der Waals surface area contributed by atoms with Gasteiger partial charge in [-0.15, -0.1) is 0 Å². The molecular weight excluding hydrogens is 227 g/mol. The van der Waals surface area contributed by atoms with Crippen LogP contribution in [-0.4, -0.2) is 24.6 Å². The summed E-state index contributed by atoms with van der Waals surface area (Å²) in [4.78, 5) is 17.2. The molecule has 0 N–H and O–H groups in total. The Kier molecular flexibility index (Phi) is 4.65. The summed E-state index contributed by atoms with van der Waals surface area (Å²) in [6.07, 6.45) is 4.39. The lowest BCUT2D eigenvalue weighted by molar-refractivity contribution is 0.0594. The largest absolute Gasteiger partial charge is 0.465 e. The first-order valence-corrected chi connectivity index (χ1v) is 4.60. The number of methoxy groups -OCH3 is 1. The second-order valence-electron chi connectivity index (χ2n) is 2.91. The van der Waals surface area contributed by atoms with Crippen LogP contribution in [0.1, 0.15) is 15.9 Å². The number of aromatic nitrogens is 1. The van der Waals surface area contributed by atoms with Crippen LogP contribution in [0.25, 0.3) is 16.5 Å². The van der Waals surface area contributed by atoms with Gasteiger partial charge >= 0.3 is 5.97 Å². The van der Waals surface area contributed by atoms with E-state index in [0.29, 0.717) is 5.56 Å². The molecule has 0 aromatic carbocycles. The number of nitrogens with zero attached hydrogens (tertiary/aromatic N) is 4. The van der Waals surface area contributed by atoms with E-state index < -0.39 is 11.9 Å². The summed E-state index contributed by atoms with van der Waals surface area (Å²) in [5.41, 5.74) is 8.33. The minimum atomic E-state index is -0.885. The van der Waals surface area contributed by atoms with E-state index in [-0.39, 0.29) is 12.1 Å². The fourth-order valence-corrected chi connectivity index (χ4v) is 1.08. The highest BCUT2D eigenvalue weighted by atomic mass is 19.1. The highest BCUT2D eigenvalue weighted by Gasteiger charge is 2.13. The van der Waals surface area contributed by atoms with Crippen molar-refractivity contribution < 1.29 is 13.9 Å². The van der Waals surface area contributed by atoms with Crippen molar-refractivity contribution in [3.8, 4) is 0 Å². The van der Waals surface area contributed by atoms with Gasteiger partial charge in [0.05, 0.1) is 7.11 Å². The molecule has 0 fully saturated rings. The molecule has 0 saturated carbocycles. The van der Waals surface area contributed by atoms with E-state index in [1.807, 2.05) is 0 Å². The van der Waals surface area contributed by atoms with Crippen LogP contribution in [0.15, 0.2) is 23.5 Å². The number of ether oxygens (including phenoxy) is 1. The van der Waals surface area contributed by atoms with E-state index >= 15 is 0 Å². The van der Waals surface area contributed by atoms with Gasteiger partial charge in [-0.2, -0.15) is 4.39 Å². The molecule has 1 rings (SSSR count). The van der Waals surface area contributed by atoms with Crippen molar-refractivity contribution in [3.63, 3.8) is 0 Å². The number of hydrogen-bond acceptors (Lipinski definition) is 4. The van der Waals surface area contributed by atoms with Crippen LogP contribution in [0, 0.1) is 5.95 Å². The molecule has 0 unspecified atom stereocenters. The Morgan fingerprint density at radius 3 is 3.18 bits per heavy atom. The van der Waals surface area contributed by atoms with Crippen LogP contribution >= 0.6 is 0 Å². The number of azide groups is 1. The molecule has 0 bridgehead atoms. The molecule has 0 spiro atoms. The molecular formula is C10H9FN4O2. The first kappa shape index (κ1) is 12.7. The third kappa shape index (κ3) is 3.58. The Bertz CT molecular complexity index is 495. The second kappa shape index (κ2) is 6.24. The van der Waals surface area contributed by atoms with Crippen molar-refractivity contribution in [3.05, 3.63) is 45.9 Å². The first-order chi connectivity index (χ1) is 8.19. The molecule has 0 aliphatic heterocycles. The van der Waals surface area contributed by atoms with Crippen LogP contribution in [0.3, 0.4) is 0 Å². The number of carbonyl (C=O) groups is 1. The third-order valence-electron chi connectivity index (χ3n) is 1.83. The van der Waals surface area contributed by atoms with Gasteiger partial charge in [-0.3, -0.25) is 0 Å². The van der Waals surface area contributed by atoms with Crippen molar-refractivity contribution >= 4 is 12.0 Å². The van der Waals surface area contributed by atoms with Gasteiger partial charge in [-0.25, -0.2) is 9.78 Å². The maximum absolute atomic E-state index is 13.1. The predicted molar refractivity (Wildman–Crippen MR) is 58.6 cm³/mol. The zero-order valence-corrected chi connectivity index (χ0v) is 9.00. The van der Waals surface area contributed by atoms with Crippen molar-refractivity contribution in [1.82, 2.24) is 4.98 Å². The van der Waals surface area contributed by atoms with Gasteiger partial charge in [-0.1, -0.05) is 17.3 Å². The molecule has 1 aromatic heterocycles. The Morgan fingerprint density at radius 2 is 2.53 bits per heavy atom. The van der Waals surface area contributed by atoms with E-state index in [1.54, 1.807) is 12.2 Å². The second-order valence-corrected chi connectivity index (χ2v) is 2.91. The Hall–Kier alpha value is -2.40. The zero-order chi connectivity index (χ0) is 12.7. The van der Waals surface area contributed by atoms with E-state index in [4.69, 9.17) is 5.53 Å². The number of rotatable bonds is 4. The fraction of sp³-hybridized carbons (Fsp3) is 0.200. The van der Waals surface area contributed by atoms with Gasteiger partial charge in [0.1, 0.15) is 5.56 Å². The minimum Gasteiger partial charge on any atom is -0.465 e. The van der Waals surface area contributed by atoms with E-state index in [9.17, 15) is 9.18 Å². The summed E-state index contributed by atoms with van der Waals surface area (Å²) in [6, 6.07) is 1.31. The molecule has 0 aliphatic rings. The minimum absolute atomic E-state index is 0.168. The standard InChI is InChI=1S/C10H9FN4O2/c1-17-10(16)8-5-7(6-13-9(8)11)3-2-4-14-15-12/h2-3,5-6H,4H2,1H3. The van der Waals surface area contributed by atoms with Gasteiger partial charge in [0, 0.05) is 17.7 Å². The van der Waals surface area contributed by atoms with E-state index in [2.05, 4.69) is 19.7 Å². The van der Waals surface area contributed by atoms with Gasteiger partial charge in [0.25, 0.3) is 0 Å². The molecule has 0 aliphatic carbocycles. The summed E-state index contributed by atoms with van der Waals surface area (Å²) in [7, 11) is 1.16. The molecule has 0 amide bonds. The summed E-state index contributed by atoms with van der Waals surface area (Å²) in [5.74, 6) is -1.68. The Balaban J connectivity index is 2.92. The van der Waals surface area contributed by atoms with Crippen molar-refractivity contribution in [2.24, 2.45) is 5.11 Å². The summed E-state index contributed by atoms with van der Waals surface area (Å²) in [5, 5.41) is 3.29. The quantitative estimate of drug-likeness (QED) is 0.264. The van der Waals surface area contributed by atoms with Gasteiger partial charge < -0.3 is 4.74 Å². The lowest BCUT2D eigenvalue weighted by atomic mass is 10.2. The average molecular weight is 236 g/mol. The zero-order valence-electron chi connectivity index (χ0n) is 9.00. The van der Waals surface area contributed by atoms with E-state index in [1.165, 1.54) is 12.3 Å². The normalized spacial score (nSPS) is 10.0. The highest BCUT2D eigenvalue weighted by Crippen LogP contribution is 2.10. The SMILES string of the molecule is COC(=O)c1cc(C=CCN=[N+]=[N-])cnc1F. The Morgan fingerprint density at radius 1 is 1.76 bits per heavy atom. The van der Waals surface area contributed by atoms with Crippen LogP contribution in [0.5, 0.6) is 0 Å². The molecule has 7 heteroatoms. The number of halogens is 1. The number of hydrogen-bond donors (Lipinski definition) is 0. The van der Waals surface area contributed by atoms with Crippen molar-refractivity contribution in [2.75, 3.05) is 13.7 Å². The third-order valence-corrected chi connectivity index (χ3v) is 1.83. The molecule has 0 saturated heterocycles. The first-order valence-electron chi connectivity index (χ1n) is 4.60. The molecule has 1 aromatic rings. The van der Waals surface area contributed by atoms with Crippen molar-refractivity contribution in [2.45, 2.75) is 0 Å². The summed E-state index contributed by atoms with van der Waals surface area (Å²) < 4.78 is 17.6. The van der Waals surface area contributed by atoms with Crippen LogP contribution < -0.4 is 0 Å². The average Bonchev–Trinajstić information content (AvgIpc) is 2.35. The maximum atomic E-state index is 13.1. The van der Waals surface area contributed by atoms with Gasteiger partial charge in [0.15, 0.2) is 0 Å². The van der Waals surface area contributed by atoms with Crippen LogP contribution in [0.4, 0.5) is 4.39 Å². The Labute approximate surface area is 96.4 Å². The summed E-state index contributed by atoms with van der Waals surface area (Å²) >= 11 is 0. The van der Waals surface area contributed by atoms with E-state index in [0.717, 1.165) is 7.11 Å². The van der Waals surface area contributed by atoms with Gasteiger partial charge in [0.2, 0.25) is 5.95 Å². The molecule has 0 atom stereocenters. The predicted octanol–water partition coefficient (Wildman–Crippen LogP) is 2.33. The number of carbonyl (C=O) groups excluding carboxylic acids is 1. The monoisotopic (exact) mass is 236 g/mol. The smallest absolute Gasteiger partial charge is 0.342 e.